The summed E-state index contributed by atoms with van der Waals surface area (Å²) in [6.45, 7) is 10.5. The van der Waals surface area contributed by atoms with Crippen molar-refractivity contribution in [1.82, 2.24) is 0 Å². The molecule has 0 saturated heterocycles. The van der Waals surface area contributed by atoms with Gasteiger partial charge in [0.05, 0.1) is 0 Å². The molecule has 0 radical (unpaired) electrons. The van der Waals surface area contributed by atoms with Gasteiger partial charge in [0, 0.05) is 0 Å². The van der Waals surface area contributed by atoms with E-state index in [1.165, 1.54) is 0 Å². The fraction of sp³-hybridized carbons (Fsp3) is 0.385. The van der Waals surface area contributed by atoms with E-state index in [2.05, 4.69) is 27.4 Å². The fourth-order valence-corrected chi connectivity index (χ4v) is 1.16. The molecular formula is C13H18O. The topological polar surface area (TPSA) is 20.2 Å². The second-order valence-corrected chi connectivity index (χ2v) is 4.66. The minimum Gasteiger partial charge on any atom is -0.508 e. The highest BCUT2D eigenvalue weighted by Crippen LogP contribution is 2.29. The highest BCUT2D eigenvalue weighted by molar-refractivity contribution is 5.35. The second kappa shape index (κ2) is 3.87. The summed E-state index contributed by atoms with van der Waals surface area (Å²) in [4.78, 5) is 0. The van der Waals surface area contributed by atoms with Gasteiger partial charge in [0.2, 0.25) is 0 Å². The highest BCUT2D eigenvalue weighted by Gasteiger charge is 2.15. The van der Waals surface area contributed by atoms with Crippen molar-refractivity contribution in [2.75, 3.05) is 0 Å². The molecule has 0 aliphatic carbocycles. The van der Waals surface area contributed by atoms with Gasteiger partial charge in [0.25, 0.3) is 0 Å². The van der Waals surface area contributed by atoms with E-state index in [0.717, 1.165) is 17.6 Å². The predicted molar refractivity (Wildman–Crippen MR) is 60.4 cm³/mol. The van der Waals surface area contributed by atoms with E-state index in [0.29, 0.717) is 5.75 Å². The summed E-state index contributed by atoms with van der Waals surface area (Å²) < 4.78 is 0. The Morgan fingerprint density at radius 2 is 1.86 bits per heavy atom. The first-order valence-corrected chi connectivity index (χ1v) is 4.86. The average Bonchev–Trinajstić information content (AvgIpc) is 2.07. The Kier molecular flexibility index (Phi) is 3.00. The predicted octanol–water partition coefficient (Wildman–Crippen LogP) is 3.54. The molecule has 0 aliphatic heterocycles. The molecule has 0 saturated carbocycles. The third-order valence-corrected chi connectivity index (χ3v) is 2.46. The van der Waals surface area contributed by atoms with E-state index in [9.17, 15) is 5.11 Å². The molecule has 1 heteroatoms. The maximum Gasteiger partial charge on any atom is 0.119 e. The lowest BCUT2D eigenvalue weighted by Crippen LogP contribution is -2.10. The van der Waals surface area contributed by atoms with Crippen molar-refractivity contribution in [1.29, 1.82) is 0 Å². The molecule has 0 atom stereocenters. The Morgan fingerprint density at radius 1 is 1.29 bits per heavy atom. The average molecular weight is 190 g/mol. The van der Waals surface area contributed by atoms with Gasteiger partial charge >= 0.3 is 0 Å². The largest absolute Gasteiger partial charge is 0.508 e. The van der Waals surface area contributed by atoms with Crippen molar-refractivity contribution < 1.29 is 5.11 Å². The second-order valence-electron chi connectivity index (χ2n) is 4.66. The normalized spacial score (nSPS) is 11.4. The highest BCUT2D eigenvalue weighted by atomic mass is 16.3. The van der Waals surface area contributed by atoms with Gasteiger partial charge in [-0.2, -0.15) is 0 Å². The third kappa shape index (κ3) is 2.63. The molecule has 0 fully saturated rings. The number of para-hydroxylation sites is 1. The summed E-state index contributed by atoms with van der Waals surface area (Å²) in [5.74, 6) is 0.359. The molecule has 1 rings (SSSR count). The van der Waals surface area contributed by atoms with Crippen molar-refractivity contribution in [3.63, 3.8) is 0 Å². The minimum absolute atomic E-state index is 0.0995. The number of rotatable bonds is 2. The van der Waals surface area contributed by atoms with Gasteiger partial charge in [-0.1, -0.05) is 51.1 Å². The summed E-state index contributed by atoms with van der Waals surface area (Å²) >= 11 is 0. The van der Waals surface area contributed by atoms with Crippen LogP contribution in [0.3, 0.4) is 0 Å². The van der Waals surface area contributed by atoms with Gasteiger partial charge in [-0.05, 0) is 23.5 Å². The molecule has 1 aromatic carbocycles. The molecule has 0 aliphatic rings. The summed E-state index contributed by atoms with van der Waals surface area (Å²) in [6, 6.07) is 7.42. The zero-order valence-electron chi connectivity index (χ0n) is 9.17. The zero-order chi connectivity index (χ0) is 10.8. The standard InChI is InChI=1S/C13H18O/c1-10(13(2,3)4)9-11-7-5-6-8-12(11)14/h5-8,14H,1,9H2,2-4H3. The summed E-state index contributed by atoms with van der Waals surface area (Å²) in [7, 11) is 0. The first-order valence-electron chi connectivity index (χ1n) is 4.86. The van der Waals surface area contributed by atoms with E-state index >= 15 is 0 Å². The third-order valence-electron chi connectivity index (χ3n) is 2.46. The first-order chi connectivity index (χ1) is 6.41. The van der Waals surface area contributed by atoms with Crippen molar-refractivity contribution in [2.45, 2.75) is 27.2 Å². The number of hydrogen-bond donors (Lipinski definition) is 1. The van der Waals surface area contributed by atoms with Gasteiger partial charge in [0.15, 0.2) is 0 Å². The van der Waals surface area contributed by atoms with Crippen LogP contribution in [0.15, 0.2) is 36.4 Å². The molecule has 0 spiro atoms. The minimum atomic E-state index is 0.0995. The van der Waals surface area contributed by atoms with Crippen molar-refractivity contribution in [3.05, 3.63) is 42.0 Å². The van der Waals surface area contributed by atoms with Crippen molar-refractivity contribution in [3.8, 4) is 5.75 Å². The summed E-state index contributed by atoms with van der Waals surface area (Å²) in [5, 5.41) is 9.58. The Labute approximate surface area is 86.1 Å². The van der Waals surface area contributed by atoms with Gasteiger partial charge < -0.3 is 5.11 Å². The molecule has 1 aromatic rings. The SMILES string of the molecule is C=C(Cc1ccccc1O)C(C)(C)C. The molecule has 0 heterocycles. The van der Waals surface area contributed by atoms with Crippen LogP contribution in [0.1, 0.15) is 26.3 Å². The van der Waals surface area contributed by atoms with E-state index in [1.54, 1.807) is 6.07 Å². The smallest absolute Gasteiger partial charge is 0.119 e. The maximum atomic E-state index is 9.58. The van der Waals surface area contributed by atoms with Crippen LogP contribution >= 0.6 is 0 Å². The molecule has 0 unspecified atom stereocenters. The van der Waals surface area contributed by atoms with E-state index in [1.807, 2.05) is 18.2 Å². The van der Waals surface area contributed by atoms with Crippen LogP contribution in [0.2, 0.25) is 0 Å². The fourth-order valence-electron chi connectivity index (χ4n) is 1.16. The number of phenols is 1. The molecule has 76 valence electrons. The van der Waals surface area contributed by atoms with Crippen molar-refractivity contribution in [2.24, 2.45) is 5.41 Å². The lowest BCUT2D eigenvalue weighted by atomic mass is 9.84. The van der Waals surface area contributed by atoms with Crippen LogP contribution in [-0.4, -0.2) is 5.11 Å². The number of allylic oxidation sites excluding steroid dienone is 1. The Morgan fingerprint density at radius 3 is 2.36 bits per heavy atom. The molecular weight excluding hydrogens is 172 g/mol. The van der Waals surface area contributed by atoms with Crippen LogP contribution in [0.25, 0.3) is 0 Å². The maximum absolute atomic E-state index is 9.58. The lowest BCUT2D eigenvalue weighted by molar-refractivity contribution is 0.461. The van der Waals surface area contributed by atoms with Crippen molar-refractivity contribution >= 4 is 0 Å². The van der Waals surface area contributed by atoms with Gasteiger partial charge in [-0.3, -0.25) is 0 Å². The quantitative estimate of drug-likeness (QED) is 0.707. The van der Waals surface area contributed by atoms with Crippen LogP contribution in [-0.2, 0) is 6.42 Å². The Bertz CT molecular complexity index is 331. The summed E-state index contributed by atoms with van der Waals surface area (Å²) in [6.07, 6.45) is 0.746. The molecule has 0 aromatic heterocycles. The Balaban J connectivity index is 2.80. The zero-order valence-corrected chi connectivity index (χ0v) is 9.17. The lowest BCUT2D eigenvalue weighted by Gasteiger charge is -2.22. The summed E-state index contributed by atoms with van der Waals surface area (Å²) in [5.41, 5.74) is 2.19. The molecule has 1 nitrogen and oxygen atoms in total. The molecule has 1 N–H and O–H groups in total. The number of benzene rings is 1. The number of hydrogen-bond acceptors (Lipinski definition) is 1. The number of aromatic hydroxyl groups is 1. The van der Waals surface area contributed by atoms with Crippen LogP contribution < -0.4 is 0 Å². The van der Waals surface area contributed by atoms with Gasteiger partial charge in [-0.15, -0.1) is 0 Å². The van der Waals surface area contributed by atoms with Crippen LogP contribution in [0.5, 0.6) is 5.75 Å². The van der Waals surface area contributed by atoms with E-state index in [4.69, 9.17) is 0 Å². The molecule has 14 heavy (non-hydrogen) atoms. The molecule has 0 bridgehead atoms. The number of phenolic OH excluding ortho intramolecular Hbond substituents is 1. The molecule has 0 amide bonds. The monoisotopic (exact) mass is 190 g/mol. The van der Waals surface area contributed by atoms with Crippen LogP contribution in [0.4, 0.5) is 0 Å². The Hall–Kier alpha value is -1.24. The van der Waals surface area contributed by atoms with E-state index in [-0.39, 0.29) is 5.41 Å². The van der Waals surface area contributed by atoms with Gasteiger partial charge in [0.1, 0.15) is 5.75 Å². The first kappa shape index (κ1) is 10.8. The van der Waals surface area contributed by atoms with E-state index < -0.39 is 0 Å². The van der Waals surface area contributed by atoms with Crippen LogP contribution in [0, 0.1) is 5.41 Å². The van der Waals surface area contributed by atoms with Gasteiger partial charge in [-0.25, -0.2) is 0 Å².